The van der Waals surface area contributed by atoms with E-state index in [2.05, 4.69) is 155 Å². The lowest BCUT2D eigenvalue weighted by atomic mass is 10.0. The zero-order chi connectivity index (χ0) is 37.5. The molecule has 0 bridgehead atoms. The van der Waals surface area contributed by atoms with Crippen molar-refractivity contribution in [3.05, 3.63) is 199 Å². The Morgan fingerprint density at radius 2 is 1.23 bits per heavy atom. The maximum absolute atomic E-state index is 6.69. The molecule has 8 aromatic carbocycles. The van der Waals surface area contributed by atoms with Gasteiger partial charge in [0.1, 0.15) is 23.2 Å². The van der Waals surface area contributed by atoms with E-state index in [1.165, 1.54) is 42.0 Å². The van der Waals surface area contributed by atoms with Gasteiger partial charge in [-0.05, 0) is 59.7 Å². The number of nitrogens with one attached hydrogen (secondary N) is 1. The summed E-state index contributed by atoms with van der Waals surface area (Å²) in [6.07, 6.45) is -0.285. The van der Waals surface area contributed by atoms with Gasteiger partial charge in [0.25, 0.3) is 0 Å². The Bertz CT molecular complexity index is 3390. The molecule has 1 unspecified atom stereocenters. The quantitative estimate of drug-likeness (QED) is 0.191. The molecule has 1 atom stereocenters. The van der Waals surface area contributed by atoms with E-state index >= 15 is 0 Å². The number of para-hydroxylation sites is 3. The molecule has 12 rings (SSSR count). The van der Waals surface area contributed by atoms with Crippen molar-refractivity contribution in [2.45, 2.75) is 6.17 Å². The standard InChI is InChI=1S/C51H32N4OS/c1-3-12-31(13-4-1)49-52-50(32-14-5-2-6-15-32)54-51(53-49)34-23-27-46-42(28-34)39-25-22-33(29-47(39)57-46)36-18-11-19-40-41-30-35(24-26-45(41)56-48(36)40)55-43-20-9-7-16-37(43)38-17-8-10-21-44(38)55/h1-30,51H,(H,52,53,54). The van der Waals surface area contributed by atoms with E-state index in [1.807, 2.05) is 47.7 Å². The lowest BCUT2D eigenvalue weighted by Gasteiger charge is -2.23. The molecule has 1 N–H and O–H groups in total. The summed E-state index contributed by atoms with van der Waals surface area (Å²) in [5, 5.41) is 10.8. The van der Waals surface area contributed by atoms with E-state index in [1.54, 1.807) is 0 Å². The van der Waals surface area contributed by atoms with Crippen molar-refractivity contribution in [1.82, 2.24) is 9.88 Å². The Hall–Kier alpha value is -7.28. The van der Waals surface area contributed by atoms with Gasteiger partial charge in [0.2, 0.25) is 0 Å². The summed E-state index contributed by atoms with van der Waals surface area (Å²) in [6, 6.07) is 64.4. The first-order valence-corrected chi connectivity index (χ1v) is 20.0. The molecule has 0 aliphatic carbocycles. The van der Waals surface area contributed by atoms with Gasteiger partial charge in [0.15, 0.2) is 5.84 Å². The first kappa shape index (κ1) is 32.0. The van der Waals surface area contributed by atoms with Crippen molar-refractivity contribution in [1.29, 1.82) is 0 Å². The van der Waals surface area contributed by atoms with Crippen LogP contribution in [-0.4, -0.2) is 16.2 Å². The Balaban J connectivity index is 0.934. The van der Waals surface area contributed by atoms with Crippen LogP contribution in [0.2, 0.25) is 0 Å². The summed E-state index contributed by atoms with van der Waals surface area (Å²) < 4.78 is 11.5. The lowest BCUT2D eigenvalue weighted by molar-refractivity contribution is 0.670. The number of aliphatic imine (C=N–C) groups is 2. The minimum atomic E-state index is -0.285. The number of amidine groups is 2. The molecule has 4 heterocycles. The smallest absolute Gasteiger partial charge is 0.159 e. The second kappa shape index (κ2) is 12.6. The summed E-state index contributed by atoms with van der Waals surface area (Å²) >= 11 is 1.82. The average Bonchev–Trinajstić information content (AvgIpc) is 3.95. The zero-order valence-electron chi connectivity index (χ0n) is 30.6. The van der Waals surface area contributed by atoms with Crippen molar-refractivity contribution in [3.8, 4) is 16.8 Å². The van der Waals surface area contributed by atoms with E-state index in [4.69, 9.17) is 14.4 Å². The van der Waals surface area contributed by atoms with Crippen LogP contribution in [0.25, 0.3) is 80.7 Å². The SMILES string of the molecule is c1ccc(C2=NC(c3ccc4sc5cc(-c6cccc7c6oc6ccc(-n8c9ccccc9c9ccccc98)cc67)ccc5c4c3)NC(c3ccccc3)=N2)cc1. The van der Waals surface area contributed by atoms with Crippen molar-refractivity contribution in [2.75, 3.05) is 0 Å². The van der Waals surface area contributed by atoms with E-state index in [-0.39, 0.29) is 6.17 Å². The molecule has 0 spiro atoms. The zero-order valence-corrected chi connectivity index (χ0v) is 31.4. The predicted octanol–water partition coefficient (Wildman–Crippen LogP) is 13.2. The van der Waals surface area contributed by atoms with Crippen LogP contribution in [0.1, 0.15) is 22.9 Å². The molecule has 6 heteroatoms. The first-order valence-electron chi connectivity index (χ1n) is 19.2. The molecule has 1 aliphatic heterocycles. The molecule has 0 fully saturated rings. The van der Waals surface area contributed by atoms with Crippen LogP contribution in [0.3, 0.4) is 0 Å². The molecule has 3 aromatic heterocycles. The van der Waals surface area contributed by atoms with Gasteiger partial charge in [-0.15, -0.1) is 11.3 Å². The van der Waals surface area contributed by atoms with Crippen molar-refractivity contribution in [3.63, 3.8) is 0 Å². The van der Waals surface area contributed by atoms with Gasteiger partial charge >= 0.3 is 0 Å². The molecule has 268 valence electrons. The van der Waals surface area contributed by atoms with E-state index in [0.717, 1.165) is 67.1 Å². The van der Waals surface area contributed by atoms with Gasteiger partial charge in [-0.1, -0.05) is 133 Å². The summed E-state index contributed by atoms with van der Waals surface area (Å²) in [5.74, 6) is 1.54. The maximum atomic E-state index is 6.69. The fraction of sp³-hybridized carbons (Fsp3) is 0.0196. The Morgan fingerprint density at radius 1 is 0.509 bits per heavy atom. The molecule has 0 saturated carbocycles. The van der Waals surface area contributed by atoms with Crippen LogP contribution in [-0.2, 0) is 0 Å². The molecular weight excluding hydrogens is 717 g/mol. The van der Waals surface area contributed by atoms with E-state index in [9.17, 15) is 0 Å². The number of thiophene rings is 1. The van der Waals surface area contributed by atoms with Crippen LogP contribution in [0.5, 0.6) is 0 Å². The normalized spacial score (nSPS) is 14.5. The van der Waals surface area contributed by atoms with Gasteiger partial charge < -0.3 is 14.3 Å². The number of rotatable bonds is 5. The molecular formula is C51H32N4OS. The third-order valence-corrected chi connectivity index (χ3v) is 12.4. The molecule has 57 heavy (non-hydrogen) atoms. The Kier molecular flexibility index (Phi) is 7.09. The van der Waals surface area contributed by atoms with Gasteiger partial charge in [0.05, 0.1) is 11.0 Å². The molecule has 1 aliphatic rings. The molecule has 5 nitrogen and oxygen atoms in total. The van der Waals surface area contributed by atoms with Crippen LogP contribution >= 0.6 is 11.3 Å². The fourth-order valence-electron chi connectivity index (χ4n) is 8.57. The van der Waals surface area contributed by atoms with E-state index < -0.39 is 0 Å². The average molecular weight is 749 g/mol. The third-order valence-electron chi connectivity index (χ3n) is 11.3. The molecule has 0 saturated heterocycles. The molecule has 0 radical (unpaired) electrons. The lowest BCUT2D eigenvalue weighted by Crippen LogP contribution is -2.33. The second-order valence-corrected chi connectivity index (χ2v) is 15.7. The van der Waals surface area contributed by atoms with Crippen LogP contribution < -0.4 is 5.32 Å². The molecule has 0 amide bonds. The number of aromatic nitrogens is 1. The van der Waals surface area contributed by atoms with Crippen molar-refractivity contribution < 1.29 is 4.42 Å². The fourth-order valence-corrected chi connectivity index (χ4v) is 9.69. The number of benzene rings is 8. The van der Waals surface area contributed by atoms with Gasteiger partial charge in [-0.3, -0.25) is 0 Å². The highest BCUT2D eigenvalue weighted by Gasteiger charge is 2.22. The van der Waals surface area contributed by atoms with Crippen LogP contribution in [0.4, 0.5) is 0 Å². The van der Waals surface area contributed by atoms with E-state index in [0.29, 0.717) is 0 Å². The number of hydrogen-bond donors (Lipinski definition) is 1. The van der Waals surface area contributed by atoms with Gasteiger partial charge in [-0.2, -0.15) is 0 Å². The largest absolute Gasteiger partial charge is 0.455 e. The number of nitrogens with zero attached hydrogens (tertiary/aromatic N) is 3. The minimum absolute atomic E-state index is 0.285. The van der Waals surface area contributed by atoms with Crippen molar-refractivity contribution >= 4 is 86.9 Å². The Morgan fingerprint density at radius 3 is 2.02 bits per heavy atom. The first-order chi connectivity index (χ1) is 28.2. The second-order valence-electron chi connectivity index (χ2n) is 14.6. The van der Waals surface area contributed by atoms with Crippen LogP contribution in [0.15, 0.2) is 196 Å². The topological polar surface area (TPSA) is 54.8 Å². The Labute approximate surface area is 331 Å². The van der Waals surface area contributed by atoms with Crippen LogP contribution in [0, 0.1) is 0 Å². The van der Waals surface area contributed by atoms with Gasteiger partial charge in [-0.25, -0.2) is 9.98 Å². The summed E-state index contributed by atoms with van der Waals surface area (Å²) in [4.78, 5) is 10.1. The molecule has 11 aromatic rings. The summed E-state index contributed by atoms with van der Waals surface area (Å²) in [5.41, 5.74) is 10.6. The number of furan rings is 1. The predicted molar refractivity (Wildman–Crippen MR) is 238 cm³/mol. The summed E-state index contributed by atoms with van der Waals surface area (Å²) in [7, 11) is 0. The number of fused-ring (bicyclic) bond motifs is 9. The highest BCUT2D eigenvalue weighted by molar-refractivity contribution is 7.25. The summed E-state index contributed by atoms with van der Waals surface area (Å²) in [6.45, 7) is 0. The monoisotopic (exact) mass is 748 g/mol. The minimum Gasteiger partial charge on any atom is -0.455 e. The van der Waals surface area contributed by atoms with Gasteiger partial charge in [0, 0.05) is 64.1 Å². The highest BCUT2D eigenvalue weighted by atomic mass is 32.1. The highest BCUT2D eigenvalue weighted by Crippen LogP contribution is 2.42. The van der Waals surface area contributed by atoms with Crippen molar-refractivity contribution in [2.24, 2.45) is 9.98 Å². The number of hydrogen-bond acceptors (Lipinski definition) is 5. The maximum Gasteiger partial charge on any atom is 0.159 e. The third kappa shape index (κ3) is 5.15.